The average Bonchev–Trinajstić information content (AvgIpc) is 2.02. The van der Waals surface area contributed by atoms with Gasteiger partial charge in [0.05, 0.1) is 12.0 Å². The van der Waals surface area contributed by atoms with Crippen molar-refractivity contribution in [1.82, 2.24) is 10.6 Å². The zero-order valence-corrected chi connectivity index (χ0v) is 8.46. The van der Waals surface area contributed by atoms with Gasteiger partial charge in [-0.2, -0.15) is 13.2 Å². The Kier molecular flexibility index (Phi) is 4.38. The van der Waals surface area contributed by atoms with E-state index in [1.807, 2.05) is 0 Å². The van der Waals surface area contributed by atoms with Gasteiger partial charge in [-0.1, -0.05) is 0 Å². The van der Waals surface area contributed by atoms with E-state index in [1.54, 1.807) is 20.9 Å². The molecule has 0 bridgehead atoms. The number of rotatable bonds is 4. The van der Waals surface area contributed by atoms with E-state index >= 15 is 0 Å². The molecule has 0 atom stereocenters. The lowest BCUT2D eigenvalue weighted by atomic mass is 10.1. The molecule has 14 heavy (non-hydrogen) atoms. The number of carbonyl (C=O) groups is 1. The molecule has 0 heterocycles. The summed E-state index contributed by atoms with van der Waals surface area (Å²) in [7, 11) is 1.57. The highest BCUT2D eigenvalue weighted by Crippen LogP contribution is 2.18. The molecule has 0 saturated carbocycles. The third-order valence-electron chi connectivity index (χ3n) is 1.89. The van der Waals surface area contributed by atoms with Crippen molar-refractivity contribution < 1.29 is 18.0 Å². The molecule has 0 aliphatic rings. The Morgan fingerprint density at radius 1 is 1.29 bits per heavy atom. The quantitative estimate of drug-likeness (QED) is 0.731. The van der Waals surface area contributed by atoms with E-state index in [9.17, 15) is 18.0 Å². The van der Waals surface area contributed by atoms with Crippen LogP contribution in [0.1, 0.15) is 20.3 Å². The lowest BCUT2D eigenvalue weighted by molar-refractivity contribution is -0.137. The van der Waals surface area contributed by atoms with E-state index in [4.69, 9.17) is 0 Å². The van der Waals surface area contributed by atoms with Crippen LogP contribution in [0.2, 0.25) is 0 Å². The highest BCUT2D eigenvalue weighted by atomic mass is 19.4. The minimum absolute atomic E-state index is 0.382. The van der Waals surface area contributed by atoms with Crippen LogP contribution in [-0.2, 0) is 4.79 Å². The molecule has 0 aromatic carbocycles. The predicted octanol–water partition coefficient (Wildman–Crippen LogP) is 1.05. The molecular weight excluding hydrogens is 197 g/mol. The third kappa shape index (κ3) is 5.06. The topological polar surface area (TPSA) is 41.1 Å². The van der Waals surface area contributed by atoms with Crippen LogP contribution in [-0.4, -0.2) is 31.2 Å². The molecule has 84 valence electrons. The fraction of sp³-hybridized carbons (Fsp3) is 0.875. The number of nitrogens with one attached hydrogen (secondary N) is 2. The second kappa shape index (κ2) is 4.63. The minimum atomic E-state index is -4.23. The van der Waals surface area contributed by atoms with Gasteiger partial charge in [0.25, 0.3) is 0 Å². The van der Waals surface area contributed by atoms with E-state index in [0.29, 0.717) is 0 Å². The Hall–Kier alpha value is -0.780. The van der Waals surface area contributed by atoms with Gasteiger partial charge in [0.1, 0.15) is 0 Å². The first-order chi connectivity index (χ1) is 6.19. The molecule has 0 aromatic heterocycles. The SMILES string of the molecule is CNC(C)(C)C(=O)NCCC(F)(F)F. The molecule has 6 heteroatoms. The summed E-state index contributed by atoms with van der Waals surface area (Å²) in [6.45, 7) is 2.80. The molecule has 0 spiro atoms. The zero-order chi connectivity index (χ0) is 11.4. The van der Waals surface area contributed by atoms with Crippen LogP contribution in [0.5, 0.6) is 0 Å². The molecule has 0 saturated heterocycles. The van der Waals surface area contributed by atoms with Gasteiger partial charge in [-0.25, -0.2) is 0 Å². The maximum Gasteiger partial charge on any atom is 0.390 e. The molecule has 0 unspecified atom stereocenters. The first-order valence-electron chi connectivity index (χ1n) is 4.23. The van der Waals surface area contributed by atoms with Crippen molar-refractivity contribution in [3.05, 3.63) is 0 Å². The van der Waals surface area contributed by atoms with Crippen molar-refractivity contribution in [2.75, 3.05) is 13.6 Å². The van der Waals surface area contributed by atoms with Crippen molar-refractivity contribution in [3.8, 4) is 0 Å². The van der Waals surface area contributed by atoms with Crippen molar-refractivity contribution in [3.63, 3.8) is 0 Å². The Bertz CT molecular complexity index is 201. The van der Waals surface area contributed by atoms with Crippen molar-refractivity contribution in [2.45, 2.75) is 32.0 Å². The number of likely N-dealkylation sites (N-methyl/N-ethyl adjacent to an activating group) is 1. The summed E-state index contributed by atoms with van der Waals surface area (Å²) in [5.74, 6) is -0.441. The number of carbonyl (C=O) groups excluding carboxylic acids is 1. The molecular formula is C8H15F3N2O. The van der Waals surface area contributed by atoms with Crippen LogP contribution in [0.15, 0.2) is 0 Å². The van der Waals surface area contributed by atoms with Gasteiger partial charge in [-0.15, -0.1) is 0 Å². The largest absolute Gasteiger partial charge is 0.390 e. The van der Waals surface area contributed by atoms with Gasteiger partial charge in [0.2, 0.25) is 5.91 Å². The van der Waals surface area contributed by atoms with Gasteiger partial charge >= 0.3 is 6.18 Å². The van der Waals surface area contributed by atoms with Crippen molar-refractivity contribution >= 4 is 5.91 Å². The summed E-state index contributed by atoms with van der Waals surface area (Å²) in [4.78, 5) is 11.2. The number of alkyl halides is 3. The van der Waals surface area contributed by atoms with Crippen LogP contribution in [0.4, 0.5) is 13.2 Å². The zero-order valence-electron chi connectivity index (χ0n) is 8.46. The molecule has 0 aliphatic heterocycles. The average molecular weight is 212 g/mol. The fourth-order valence-corrected chi connectivity index (χ4v) is 0.652. The third-order valence-corrected chi connectivity index (χ3v) is 1.89. The highest BCUT2D eigenvalue weighted by molar-refractivity contribution is 5.85. The van der Waals surface area contributed by atoms with Gasteiger partial charge in [0.15, 0.2) is 0 Å². The highest BCUT2D eigenvalue weighted by Gasteiger charge is 2.29. The molecule has 0 aromatic rings. The summed E-state index contributed by atoms with van der Waals surface area (Å²) in [5.41, 5.74) is -0.842. The van der Waals surface area contributed by atoms with Crippen LogP contribution in [0, 0.1) is 0 Å². The molecule has 0 fully saturated rings. The maximum atomic E-state index is 11.7. The van der Waals surface area contributed by atoms with E-state index in [1.165, 1.54) is 0 Å². The number of halogens is 3. The van der Waals surface area contributed by atoms with Crippen LogP contribution < -0.4 is 10.6 Å². The van der Waals surface area contributed by atoms with Crippen LogP contribution >= 0.6 is 0 Å². The van der Waals surface area contributed by atoms with Gasteiger partial charge in [-0.05, 0) is 20.9 Å². The van der Waals surface area contributed by atoms with E-state index in [-0.39, 0.29) is 6.54 Å². The molecule has 1 amide bonds. The van der Waals surface area contributed by atoms with E-state index < -0.39 is 24.0 Å². The Morgan fingerprint density at radius 2 is 1.79 bits per heavy atom. The molecule has 0 radical (unpaired) electrons. The van der Waals surface area contributed by atoms with Crippen molar-refractivity contribution in [2.24, 2.45) is 0 Å². The first kappa shape index (κ1) is 13.2. The minimum Gasteiger partial charge on any atom is -0.354 e. The van der Waals surface area contributed by atoms with Gasteiger partial charge in [0, 0.05) is 6.54 Å². The molecule has 3 nitrogen and oxygen atoms in total. The first-order valence-corrected chi connectivity index (χ1v) is 4.23. The number of hydrogen-bond acceptors (Lipinski definition) is 2. The Labute approximate surface area is 81.1 Å². The Balaban J connectivity index is 3.87. The standard InChI is InChI=1S/C8H15F3N2O/c1-7(2,12-3)6(14)13-5-4-8(9,10)11/h12H,4-5H2,1-3H3,(H,13,14). The smallest absolute Gasteiger partial charge is 0.354 e. The predicted molar refractivity (Wildman–Crippen MR) is 46.8 cm³/mol. The summed E-state index contributed by atoms with van der Waals surface area (Å²) in [6.07, 6.45) is -5.23. The monoisotopic (exact) mass is 212 g/mol. The van der Waals surface area contributed by atoms with Crippen LogP contribution in [0.25, 0.3) is 0 Å². The lowest BCUT2D eigenvalue weighted by Crippen LogP contribution is -2.51. The van der Waals surface area contributed by atoms with E-state index in [0.717, 1.165) is 0 Å². The van der Waals surface area contributed by atoms with Crippen LogP contribution in [0.3, 0.4) is 0 Å². The Morgan fingerprint density at radius 3 is 2.14 bits per heavy atom. The number of amides is 1. The summed E-state index contributed by atoms with van der Waals surface area (Å²) < 4.78 is 35.2. The second-order valence-electron chi connectivity index (χ2n) is 3.50. The van der Waals surface area contributed by atoms with Gasteiger partial charge < -0.3 is 10.6 Å². The maximum absolute atomic E-state index is 11.7. The molecule has 0 aliphatic carbocycles. The van der Waals surface area contributed by atoms with Crippen molar-refractivity contribution in [1.29, 1.82) is 0 Å². The second-order valence-corrected chi connectivity index (χ2v) is 3.50. The normalized spacial score (nSPS) is 12.7. The summed E-state index contributed by atoms with van der Waals surface area (Å²) >= 11 is 0. The lowest BCUT2D eigenvalue weighted by Gasteiger charge is -2.22. The number of hydrogen-bond donors (Lipinski definition) is 2. The summed E-state index contributed by atoms with van der Waals surface area (Å²) in [6, 6.07) is 0. The van der Waals surface area contributed by atoms with Gasteiger partial charge in [-0.3, -0.25) is 4.79 Å². The van der Waals surface area contributed by atoms with E-state index in [2.05, 4.69) is 10.6 Å². The fourth-order valence-electron chi connectivity index (χ4n) is 0.652. The molecule has 0 rings (SSSR count). The molecule has 2 N–H and O–H groups in total. The summed E-state index contributed by atoms with van der Waals surface area (Å²) in [5, 5.41) is 4.90.